The number of aryl methyl sites for hydroxylation is 2. The van der Waals surface area contributed by atoms with Crippen molar-refractivity contribution in [2.75, 3.05) is 0 Å². The molecule has 0 heterocycles. The standard InChI is InChI=1S/C18H15O2/c1-4-14-5-7-15(8-6-14)18(20)17-13(3)9-12(2)10-16(17)11-19/h4-10H,1H2,2-3H3. The van der Waals surface area contributed by atoms with Crippen LogP contribution in [0.4, 0.5) is 0 Å². The highest BCUT2D eigenvalue weighted by atomic mass is 16.1. The van der Waals surface area contributed by atoms with E-state index in [1.807, 2.05) is 38.3 Å². The van der Waals surface area contributed by atoms with Crippen molar-refractivity contribution in [1.29, 1.82) is 0 Å². The lowest BCUT2D eigenvalue weighted by molar-refractivity contribution is 0.103. The number of ketones is 1. The van der Waals surface area contributed by atoms with Crippen LogP contribution in [0.1, 0.15) is 38.2 Å². The summed E-state index contributed by atoms with van der Waals surface area (Å²) in [4.78, 5) is 23.6. The molecule has 0 aliphatic carbocycles. The Bertz CT molecular complexity index is 679. The summed E-state index contributed by atoms with van der Waals surface area (Å²) in [5, 5.41) is 0. The average Bonchev–Trinajstić information content (AvgIpc) is 2.46. The van der Waals surface area contributed by atoms with Crippen molar-refractivity contribution in [2.24, 2.45) is 0 Å². The van der Waals surface area contributed by atoms with Gasteiger partial charge in [-0.2, -0.15) is 0 Å². The third-order valence-corrected chi connectivity index (χ3v) is 3.23. The van der Waals surface area contributed by atoms with Gasteiger partial charge in [0.1, 0.15) is 0 Å². The molecule has 0 saturated carbocycles. The minimum atomic E-state index is -0.156. The topological polar surface area (TPSA) is 34.1 Å². The van der Waals surface area contributed by atoms with Crippen molar-refractivity contribution in [2.45, 2.75) is 13.8 Å². The molecule has 2 aromatic carbocycles. The van der Waals surface area contributed by atoms with Crippen LogP contribution in [0.25, 0.3) is 6.08 Å². The summed E-state index contributed by atoms with van der Waals surface area (Å²) < 4.78 is 0. The maximum Gasteiger partial charge on any atom is 0.234 e. The number of rotatable bonds is 4. The van der Waals surface area contributed by atoms with Crippen molar-refractivity contribution in [3.05, 3.63) is 76.4 Å². The van der Waals surface area contributed by atoms with Gasteiger partial charge in [0.2, 0.25) is 6.29 Å². The van der Waals surface area contributed by atoms with Crippen LogP contribution in [0.15, 0.2) is 43.0 Å². The maximum absolute atomic E-state index is 12.6. The van der Waals surface area contributed by atoms with E-state index in [-0.39, 0.29) is 5.78 Å². The molecule has 0 unspecified atom stereocenters. The van der Waals surface area contributed by atoms with Crippen LogP contribution < -0.4 is 0 Å². The van der Waals surface area contributed by atoms with Gasteiger partial charge in [-0.25, -0.2) is 0 Å². The molecule has 20 heavy (non-hydrogen) atoms. The first-order valence-electron chi connectivity index (χ1n) is 6.33. The Labute approximate surface area is 118 Å². The van der Waals surface area contributed by atoms with Gasteiger partial charge in [-0.1, -0.05) is 48.6 Å². The van der Waals surface area contributed by atoms with E-state index in [4.69, 9.17) is 0 Å². The number of hydrogen-bond acceptors (Lipinski definition) is 2. The summed E-state index contributed by atoms with van der Waals surface area (Å²) in [6.45, 7) is 7.40. The Balaban J connectivity index is 2.52. The minimum Gasteiger partial charge on any atom is -0.289 e. The number of carbonyl (C=O) groups is 1. The first-order chi connectivity index (χ1) is 9.56. The van der Waals surface area contributed by atoms with Crippen molar-refractivity contribution >= 4 is 18.1 Å². The Kier molecular flexibility index (Phi) is 3.94. The molecule has 0 N–H and O–H groups in total. The van der Waals surface area contributed by atoms with Crippen LogP contribution in [0.2, 0.25) is 0 Å². The average molecular weight is 263 g/mol. The summed E-state index contributed by atoms with van der Waals surface area (Å²) in [6, 6.07) is 10.7. The number of carbonyl (C=O) groups excluding carboxylic acids is 2. The molecular formula is C18H15O2. The Hall–Kier alpha value is -2.48. The molecule has 0 saturated heterocycles. The predicted octanol–water partition coefficient (Wildman–Crippen LogP) is 3.64. The van der Waals surface area contributed by atoms with E-state index >= 15 is 0 Å². The lowest BCUT2D eigenvalue weighted by atomic mass is 9.92. The van der Waals surface area contributed by atoms with Crippen LogP contribution in [0.5, 0.6) is 0 Å². The molecule has 0 spiro atoms. The zero-order valence-electron chi connectivity index (χ0n) is 11.6. The maximum atomic E-state index is 12.6. The second-order valence-corrected chi connectivity index (χ2v) is 4.76. The summed E-state index contributed by atoms with van der Waals surface area (Å²) >= 11 is 0. The van der Waals surface area contributed by atoms with Gasteiger partial charge >= 0.3 is 0 Å². The van der Waals surface area contributed by atoms with Gasteiger partial charge in [0, 0.05) is 16.7 Å². The largest absolute Gasteiger partial charge is 0.289 e. The number of benzene rings is 2. The molecule has 0 aliphatic rings. The molecule has 0 aromatic heterocycles. The fraction of sp³-hybridized carbons (Fsp3) is 0.111. The zero-order valence-corrected chi connectivity index (χ0v) is 11.6. The molecular weight excluding hydrogens is 248 g/mol. The van der Waals surface area contributed by atoms with Crippen LogP contribution >= 0.6 is 0 Å². The molecule has 2 aromatic rings. The smallest absolute Gasteiger partial charge is 0.234 e. The highest BCUT2D eigenvalue weighted by Gasteiger charge is 2.17. The summed E-state index contributed by atoms with van der Waals surface area (Å²) in [5.74, 6) is -0.156. The van der Waals surface area contributed by atoms with E-state index in [2.05, 4.69) is 6.58 Å². The van der Waals surface area contributed by atoms with Gasteiger partial charge in [0.15, 0.2) is 5.78 Å². The van der Waals surface area contributed by atoms with Gasteiger partial charge < -0.3 is 0 Å². The minimum absolute atomic E-state index is 0.156. The Morgan fingerprint density at radius 3 is 2.35 bits per heavy atom. The van der Waals surface area contributed by atoms with E-state index in [1.54, 1.807) is 24.3 Å². The highest BCUT2D eigenvalue weighted by Crippen LogP contribution is 2.20. The predicted molar refractivity (Wildman–Crippen MR) is 80.7 cm³/mol. The van der Waals surface area contributed by atoms with Crippen molar-refractivity contribution in [3.8, 4) is 0 Å². The molecule has 2 heteroatoms. The van der Waals surface area contributed by atoms with Crippen molar-refractivity contribution < 1.29 is 9.59 Å². The van der Waals surface area contributed by atoms with Crippen LogP contribution in [-0.2, 0) is 4.79 Å². The third-order valence-electron chi connectivity index (χ3n) is 3.23. The van der Waals surface area contributed by atoms with E-state index in [1.165, 1.54) is 0 Å². The van der Waals surface area contributed by atoms with Gasteiger partial charge in [0.25, 0.3) is 0 Å². The van der Waals surface area contributed by atoms with Gasteiger partial charge in [-0.3, -0.25) is 9.59 Å². The first kappa shape index (κ1) is 13.9. The molecule has 2 rings (SSSR count). The molecule has 0 aliphatic heterocycles. The fourth-order valence-electron chi connectivity index (χ4n) is 2.26. The summed E-state index contributed by atoms with van der Waals surface area (Å²) in [5.41, 5.74) is 3.99. The summed E-state index contributed by atoms with van der Waals surface area (Å²) in [6.07, 6.45) is 3.58. The van der Waals surface area contributed by atoms with Crippen molar-refractivity contribution in [1.82, 2.24) is 0 Å². The quantitative estimate of drug-likeness (QED) is 0.789. The molecule has 99 valence electrons. The molecule has 0 atom stereocenters. The van der Waals surface area contributed by atoms with E-state index < -0.39 is 0 Å². The lowest BCUT2D eigenvalue weighted by Gasteiger charge is -2.09. The van der Waals surface area contributed by atoms with Crippen molar-refractivity contribution in [3.63, 3.8) is 0 Å². The van der Waals surface area contributed by atoms with Crippen LogP contribution in [0.3, 0.4) is 0 Å². The van der Waals surface area contributed by atoms with E-state index in [0.29, 0.717) is 16.7 Å². The Morgan fingerprint density at radius 2 is 1.80 bits per heavy atom. The molecule has 1 radical (unpaired) electrons. The van der Waals surface area contributed by atoms with E-state index in [9.17, 15) is 9.59 Å². The highest BCUT2D eigenvalue weighted by molar-refractivity contribution is 6.13. The molecule has 0 bridgehead atoms. The second-order valence-electron chi connectivity index (χ2n) is 4.76. The van der Waals surface area contributed by atoms with Crippen LogP contribution in [-0.4, -0.2) is 12.1 Å². The fourth-order valence-corrected chi connectivity index (χ4v) is 2.26. The summed E-state index contributed by atoms with van der Waals surface area (Å²) in [7, 11) is 0. The van der Waals surface area contributed by atoms with Gasteiger partial charge in [0.05, 0.1) is 0 Å². The monoisotopic (exact) mass is 263 g/mol. The Morgan fingerprint density at radius 1 is 1.15 bits per heavy atom. The first-order valence-corrected chi connectivity index (χ1v) is 6.33. The second kappa shape index (κ2) is 5.66. The SMILES string of the molecule is C=Cc1ccc(C(=O)c2c(C)cc(C)cc2[C]=O)cc1. The molecule has 0 amide bonds. The number of hydrogen-bond donors (Lipinski definition) is 0. The molecule has 2 nitrogen and oxygen atoms in total. The normalized spacial score (nSPS) is 10.1. The van der Waals surface area contributed by atoms with Gasteiger partial charge in [-0.05, 0) is 31.0 Å². The molecule has 0 fully saturated rings. The third kappa shape index (κ3) is 2.59. The lowest BCUT2D eigenvalue weighted by Crippen LogP contribution is -2.08. The van der Waals surface area contributed by atoms with Crippen LogP contribution in [0, 0.1) is 13.8 Å². The van der Waals surface area contributed by atoms with E-state index in [0.717, 1.165) is 16.7 Å². The van der Waals surface area contributed by atoms with Gasteiger partial charge in [-0.15, -0.1) is 0 Å². The zero-order chi connectivity index (χ0) is 14.7.